The van der Waals surface area contributed by atoms with Crippen LogP contribution in [0.1, 0.15) is 53.1 Å². The summed E-state index contributed by atoms with van der Waals surface area (Å²) in [5.74, 6) is 0.814. The Labute approximate surface area is 206 Å². The molecular weight excluding hydrogens is 442 g/mol. The maximum atomic E-state index is 13.5. The number of amides is 1. The molecule has 0 aliphatic carbocycles. The number of para-hydroxylation sites is 1. The van der Waals surface area contributed by atoms with E-state index in [9.17, 15) is 9.59 Å². The van der Waals surface area contributed by atoms with E-state index < -0.39 is 0 Å². The number of carbonyl (C=O) groups excluding carboxylic acids is 1. The molecular formula is C27H37N5O3. The first-order chi connectivity index (χ1) is 16.8. The normalized spacial score (nSPS) is 15.9. The van der Waals surface area contributed by atoms with Crippen LogP contribution in [0.5, 0.6) is 5.75 Å². The second-order valence-electron chi connectivity index (χ2n) is 9.57. The standard InChI is InChI=1S/C27H37N5O3/c1-17-15-24(35-4)22(26(33)30-17)16-29-27(34)25-19(3)32(23-8-6-5-7-21(23)25)18(2)20-9-12-31(13-10-20)14-11-28/h5-8,15,18,20H,9-14,16,28H2,1-4H3,(H,29,34)(H,30,33)/t18-/m1/s1. The molecule has 0 saturated carbocycles. The predicted octanol–water partition coefficient (Wildman–Crippen LogP) is 3.12. The Balaban J connectivity index is 1.61. The lowest BCUT2D eigenvalue weighted by Crippen LogP contribution is -2.39. The van der Waals surface area contributed by atoms with Crippen LogP contribution in [0.3, 0.4) is 0 Å². The van der Waals surface area contributed by atoms with Crippen molar-refractivity contribution in [1.29, 1.82) is 0 Å². The summed E-state index contributed by atoms with van der Waals surface area (Å²) in [5, 5.41) is 3.89. The Bertz CT molecular complexity index is 1250. The highest BCUT2D eigenvalue weighted by Crippen LogP contribution is 2.35. The van der Waals surface area contributed by atoms with Gasteiger partial charge in [-0.15, -0.1) is 0 Å². The molecule has 4 rings (SSSR count). The minimum atomic E-state index is -0.254. The number of hydrogen-bond donors (Lipinski definition) is 3. The van der Waals surface area contributed by atoms with Crippen LogP contribution in [0.4, 0.5) is 0 Å². The average Bonchev–Trinajstić information content (AvgIpc) is 3.14. The Morgan fingerprint density at radius 3 is 2.66 bits per heavy atom. The summed E-state index contributed by atoms with van der Waals surface area (Å²) in [5.41, 5.74) is 9.29. The molecule has 188 valence electrons. The summed E-state index contributed by atoms with van der Waals surface area (Å²) in [6.07, 6.45) is 2.23. The topological polar surface area (TPSA) is 105 Å². The molecule has 1 amide bonds. The van der Waals surface area contributed by atoms with Crippen LogP contribution in [0, 0.1) is 19.8 Å². The average molecular weight is 480 g/mol. The molecule has 4 N–H and O–H groups in total. The molecule has 1 fully saturated rings. The number of piperidine rings is 1. The lowest BCUT2D eigenvalue weighted by Gasteiger charge is -2.36. The highest BCUT2D eigenvalue weighted by Gasteiger charge is 2.29. The van der Waals surface area contributed by atoms with Crippen molar-refractivity contribution in [3.05, 3.63) is 63.2 Å². The van der Waals surface area contributed by atoms with Crippen LogP contribution >= 0.6 is 0 Å². The van der Waals surface area contributed by atoms with E-state index in [1.54, 1.807) is 13.0 Å². The molecule has 2 aromatic heterocycles. The van der Waals surface area contributed by atoms with Crippen molar-refractivity contribution in [3.63, 3.8) is 0 Å². The Hall–Kier alpha value is -3.10. The predicted molar refractivity (Wildman–Crippen MR) is 139 cm³/mol. The van der Waals surface area contributed by atoms with Gasteiger partial charge in [0.1, 0.15) is 5.75 Å². The van der Waals surface area contributed by atoms with Crippen LogP contribution in [0.15, 0.2) is 35.1 Å². The summed E-state index contributed by atoms with van der Waals surface area (Å²) in [7, 11) is 1.53. The number of ether oxygens (including phenoxy) is 1. The van der Waals surface area contributed by atoms with Crippen LogP contribution in [-0.2, 0) is 6.54 Å². The first-order valence-electron chi connectivity index (χ1n) is 12.4. The minimum absolute atomic E-state index is 0.0890. The molecule has 0 spiro atoms. The molecule has 1 atom stereocenters. The second kappa shape index (κ2) is 10.7. The molecule has 1 saturated heterocycles. The van der Waals surface area contributed by atoms with Gasteiger partial charge in [0.25, 0.3) is 11.5 Å². The fourth-order valence-corrected chi connectivity index (χ4v) is 5.55. The van der Waals surface area contributed by atoms with Crippen molar-refractivity contribution in [2.75, 3.05) is 33.3 Å². The highest BCUT2D eigenvalue weighted by molar-refractivity contribution is 6.08. The van der Waals surface area contributed by atoms with E-state index in [1.165, 1.54) is 7.11 Å². The maximum Gasteiger partial charge on any atom is 0.256 e. The SMILES string of the molecule is COc1cc(C)[nH]c(=O)c1CNC(=O)c1c(C)n([C@H](C)C2CCN(CCN)CC2)c2ccccc12. The van der Waals surface area contributed by atoms with Gasteiger partial charge < -0.3 is 30.2 Å². The fourth-order valence-electron chi connectivity index (χ4n) is 5.55. The Morgan fingerprint density at radius 2 is 1.97 bits per heavy atom. The lowest BCUT2D eigenvalue weighted by atomic mass is 9.90. The van der Waals surface area contributed by atoms with Gasteiger partial charge in [-0.05, 0) is 64.8 Å². The number of rotatable bonds is 8. The van der Waals surface area contributed by atoms with E-state index in [0.717, 1.165) is 49.1 Å². The number of methoxy groups -OCH3 is 1. The third kappa shape index (κ3) is 4.99. The number of nitrogens with zero attached hydrogens (tertiary/aromatic N) is 2. The summed E-state index contributed by atoms with van der Waals surface area (Å²) in [6, 6.07) is 10.1. The first kappa shape index (κ1) is 25.0. The zero-order chi connectivity index (χ0) is 25.1. The van der Waals surface area contributed by atoms with E-state index in [0.29, 0.717) is 35.0 Å². The number of aromatic amines is 1. The monoisotopic (exact) mass is 479 g/mol. The number of carbonyl (C=O) groups is 1. The summed E-state index contributed by atoms with van der Waals surface area (Å²) >= 11 is 0. The number of likely N-dealkylation sites (tertiary alicyclic amines) is 1. The number of pyridine rings is 1. The third-order valence-electron chi connectivity index (χ3n) is 7.43. The van der Waals surface area contributed by atoms with Gasteiger partial charge in [0.15, 0.2) is 0 Å². The third-order valence-corrected chi connectivity index (χ3v) is 7.43. The van der Waals surface area contributed by atoms with Crippen LogP contribution in [-0.4, -0.2) is 53.6 Å². The molecule has 1 aliphatic heterocycles. The molecule has 0 unspecified atom stereocenters. The number of hydrogen-bond acceptors (Lipinski definition) is 5. The smallest absolute Gasteiger partial charge is 0.256 e. The zero-order valence-corrected chi connectivity index (χ0v) is 21.2. The van der Waals surface area contributed by atoms with Gasteiger partial charge in [-0.1, -0.05) is 18.2 Å². The quantitative estimate of drug-likeness (QED) is 0.460. The van der Waals surface area contributed by atoms with Gasteiger partial charge in [0.05, 0.1) is 24.8 Å². The number of nitrogens with two attached hydrogens (primary N) is 1. The van der Waals surface area contributed by atoms with E-state index >= 15 is 0 Å². The van der Waals surface area contributed by atoms with Gasteiger partial charge in [-0.3, -0.25) is 9.59 Å². The van der Waals surface area contributed by atoms with Crippen molar-refractivity contribution in [3.8, 4) is 5.75 Å². The molecule has 0 radical (unpaired) electrons. The maximum absolute atomic E-state index is 13.5. The van der Waals surface area contributed by atoms with Crippen LogP contribution in [0.2, 0.25) is 0 Å². The number of aryl methyl sites for hydroxylation is 1. The summed E-state index contributed by atoms with van der Waals surface area (Å²) in [6.45, 7) is 9.94. The molecule has 35 heavy (non-hydrogen) atoms. The number of H-pyrrole nitrogens is 1. The van der Waals surface area contributed by atoms with Crippen LogP contribution < -0.4 is 21.3 Å². The van der Waals surface area contributed by atoms with Crippen molar-refractivity contribution in [2.45, 2.75) is 46.2 Å². The molecule has 3 aromatic rings. The number of nitrogens with one attached hydrogen (secondary N) is 2. The van der Waals surface area contributed by atoms with Gasteiger partial charge >= 0.3 is 0 Å². The van der Waals surface area contributed by atoms with Gasteiger partial charge in [-0.25, -0.2) is 0 Å². The van der Waals surface area contributed by atoms with E-state index in [2.05, 4.69) is 32.8 Å². The zero-order valence-electron chi connectivity index (χ0n) is 21.2. The van der Waals surface area contributed by atoms with Crippen molar-refractivity contribution >= 4 is 16.8 Å². The highest BCUT2D eigenvalue weighted by atomic mass is 16.5. The molecule has 1 aromatic carbocycles. The fraction of sp³-hybridized carbons (Fsp3) is 0.481. The summed E-state index contributed by atoms with van der Waals surface area (Å²) < 4.78 is 7.70. The van der Waals surface area contributed by atoms with E-state index in [-0.39, 0.29) is 24.1 Å². The van der Waals surface area contributed by atoms with Gasteiger partial charge in [-0.2, -0.15) is 0 Å². The van der Waals surface area contributed by atoms with E-state index in [1.807, 2.05) is 25.1 Å². The molecule has 8 nitrogen and oxygen atoms in total. The largest absolute Gasteiger partial charge is 0.496 e. The molecule has 0 bridgehead atoms. The van der Waals surface area contributed by atoms with Crippen LogP contribution in [0.25, 0.3) is 10.9 Å². The Kier molecular flexibility index (Phi) is 7.62. The van der Waals surface area contributed by atoms with Crippen molar-refractivity contribution in [1.82, 2.24) is 19.8 Å². The number of aromatic nitrogens is 2. The first-order valence-corrected chi connectivity index (χ1v) is 12.4. The number of benzene rings is 1. The molecule has 8 heteroatoms. The second-order valence-corrected chi connectivity index (χ2v) is 9.57. The van der Waals surface area contributed by atoms with Gasteiger partial charge in [0, 0.05) is 41.4 Å². The van der Waals surface area contributed by atoms with Crippen molar-refractivity contribution in [2.24, 2.45) is 11.7 Å². The molecule has 1 aliphatic rings. The minimum Gasteiger partial charge on any atom is -0.496 e. The van der Waals surface area contributed by atoms with Gasteiger partial charge in [0.2, 0.25) is 0 Å². The van der Waals surface area contributed by atoms with Crippen molar-refractivity contribution < 1.29 is 9.53 Å². The molecule has 3 heterocycles. The lowest BCUT2D eigenvalue weighted by molar-refractivity contribution is 0.0951. The Morgan fingerprint density at radius 1 is 1.26 bits per heavy atom. The number of fused-ring (bicyclic) bond motifs is 1. The summed E-state index contributed by atoms with van der Waals surface area (Å²) in [4.78, 5) is 31.2. The van der Waals surface area contributed by atoms with E-state index in [4.69, 9.17) is 10.5 Å².